The first-order chi connectivity index (χ1) is 11.6. The van der Waals surface area contributed by atoms with Crippen LogP contribution in [0.15, 0.2) is 24.3 Å². The lowest BCUT2D eigenvalue weighted by Gasteiger charge is -2.31. The van der Waals surface area contributed by atoms with Crippen molar-refractivity contribution in [1.29, 1.82) is 0 Å². The molecule has 1 aromatic rings. The van der Waals surface area contributed by atoms with E-state index in [0.717, 1.165) is 31.5 Å². The second-order valence-electron chi connectivity index (χ2n) is 7.62. The van der Waals surface area contributed by atoms with Crippen molar-refractivity contribution in [3.63, 3.8) is 0 Å². The van der Waals surface area contributed by atoms with Crippen LogP contribution in [-0.2, 0) is 11.3 Å². The van der Waals surface area contributed by atoms with E-state index in [9.17, 15) is 4.79 Å². The normalized spacial score (nSPS) is 25.1. The Morgan fingerprint density at radius 2 is 1.92 bits per heavy atom. The Bertz CT molecular complexity index is 554. The summed E-state index contributed by atoms with van der Waals surface area (Å²) in [4.78, 5) is 15.0. The average Bonchev–Trinajstić information content (AvgIpc) is 3.04. The Kier molecular flexibility index (Phi) is 5.90. The molecule has 2 saturated carbocycles. The maximum Gasteiger partial charge on any atom is 0.227 e. The summed E-state index contributed by atoms with van der Waals surface area (Å²) >= 11 is 0. The number of carbonyl (C=O) groups is 1. The molecule has 0 aliphatic heterocycles. The molecule has 0 spiro atoms. The van der Waals surface area contributed by atoms with Gasteiger partial charge >= 0.3 is 0 Å². The Hall–Kier alpha value is -1.39. The number of anilines is 1. The molecule has 2 atom stereocenters. The van der Waals surface area contributed by atoms with Crippen molar-refractivity contribution in [2.75, 3.05) is 12.4 Å². The van der Waals surface area contributed by atoms with Crippen molar-refractivity contribution >= 4 is 11.6 Å². The summed E-state index contributed by atoms with van der Waals surface area (Å²) in [5.74, 6) is 0.208. The minimum atomic E-state index is 0.0733. The Morgan fingerprint density at radius 1 is 1.17 bits per heavy atom. The number of hydrogen-bond acceptors (Lipinski definition) is 3. The zero-order valence-electron chi connectivity index (χ0n) is 14.8. The number of nitrogens with two attached hydrogens (primary N) is 1. The number of carbonyl (C=O) groups excluding carboxylic acids is 1. The van der Waals surface area contributed by atoms with E-state index in [-0.39, 0.29) is 17.9 Å². The monoisotopic (exact) mass is 329 g/mol. The number of para-hydroxylation sites is 1. The maximum absolute atomic E-state index is 12.5. The molecule has 0 radical (unpaired) electrons. The summed E-state index contributed by atoms with van der Waals surface area (Å²) in [6.45, 7) is 0.894. The van der Waals surface area contributed by atoms with Gasteiger partial charge in [0.1, 0.15) is 0 Å². The standard InChI is InChI=1S/C20H31N3O/c1-23(18-8-3-2-4-9-18)14-16-7-5-6-10-19(16)22-20(24)15-11-12-17(21)13-15/h5-7,10,15,17-18H,2-4,8-9,11-14,21H2,1H3,(H,22,24). The summed E-state index contributed by atoms with van der Waals surface area (Å²) in [7, 11) is 2.21. The molecule has 0 aromatic heterocycles. The molecule has 2 unspecified atom stereocenters. The lowest BCUT2D eigenvalue weighted by Crippen LogP contribution is -2.33. The van der Waals surface area contributed by atoms with Crippen LogP contribution in [0.2, 0.25) is 0 Å². The van der Waals surface area contributed by atoms with Gasteiger partial charge in [-0.05, 0) is 50.8 Å². The molecular weight excluding hydrogens is 298 g/mol. The molecule has 3 rings (SSSR count). The summed E-state index contributed by atoms with van der Waals surface area (Å²) in [5, 5.41) is 3.16. The molecule has 2 aliphatic carbocycles. The van der Waals surface area contributed by atoms with Crippen LogP contribution in [0, 0.1) is 5.92 Å². The molecule has 0 bridgehead atoms. The molecule has 4 heteroatoms. The van der Waals surface area contributed by atoms with Gasteiger partial charge in [0.25, 0.3) is 0 Å². The molecule has 0 heterocycles. The predicted molar refractivity (Wildman–Crippen MR) is 98.7 cm³/mol. The van der Waals surface area contributed by atoms with Gasteiger partial charge < -0.3 is 11.1 Å². The minimum Gasteiger partial charge on any atom is -0.328 e. The molecule has 3 N–H and O–H groups in total. The SMILES string of the molecule is CN(Cc1ccccc1NC(=O)C1CCC(N)C1)C1CCCCC1. The third kappa shape index (κ3) is 4.37. The lowest BCUT2D eigenvalue weighted by molar-refractivity contribution is -0.119. The van der Waals surface area contributed by atoms with Gasteiger partial charge in [-0.1, -0.05) is 37.5 Å². The highest BCUT2D eigenvalue weighted by Gasteiger charge is 2.28. The predicted octanol–water partition coefficient (Wildman–Crippen LogP) is 3.52. The highest BCUT2D eigenvalue weighted by atomic mass is 16.1. The van der Waals surface area contributed by atoms with Crippen LogP contribution in [0.25, 0.3) is 0 Å². The topological polar surface area (TPSA) is 58.4 Å². The van der Waals surface area contributed by atoms with Gasteiger partial charge in [0.15, 0.2) is 0 Å². The molecule has 2 fully saturated rings. The van der Waals surface area contributed by atoms with E-state index in [1.165, 1.54) is 37.7 Å². The Morgan fingerprint density at radius 3 is 2.62 bits per heavy atom. The van der Waals surface area contributed by atoms with Gasteiger partial charge in [-0.25, -0.2) is 0 Å². The second-order valence-corrected chi connectivity index (χ2v) is 7.62. The minimum absolute atomic E-state index is 0.0733. The Labute approximate surface area is 145 Å². The van der Waals surface area contributed by atoms with E-state index in [4.69, 9.17) is 5.73 Å². The van der Waals surface area contributed by atoms with E-state index < -0.39 is 0 Å². The molecule has 2 aliphatic rings. The fraction of sp³-hybridized carbons (Fsp3) is 0.650. The first-order valence-corrected chi connectivity index (χ1v) is 9.48. The number of benzene rings is 1. The number of nitrogens with one attached hydrogen (secondary N) is 1. The van der Waals surface area contributed by atoms with Crippen LogP contribution in [0.1, 0.15) is 56.9 Å². The summed E-state index contributed by atoms with van der Waals surface area (Å²) in [5.41, 5.74) is 8.12. The van der Waals surface area contributed by atoms with Crippen LogP contribution in [-0.4, -0.2) is 29.9 Å². The first kappa shape index (κ1) is 17.4. The smallest absolute Gasteiger partial charge is 0.227 e. The average molecular weight is 329 g/mol. The van der Waals surface area contributed by atoms with E-state index in [1.807, 2.05) is 12.1 Å². The third-order valence-electron chi connectivity index (χ3n) is 5.74. The number of rotatable bonds is 5. The van der Waals surface area contributed by atoms with Crippen LogP contribution in [0.3, 0.4) is 0 Å². The summed E-state index contributed by atoms with van der Waals surface area (Å²) < 4.78 is 0. The largest absolute Gasteiger partial charge is 0.328 e. The maximum atomic E-state index is 12.5. The highest BCUT2D eigenvalue weighted by molar-refractivity contribution is 5.93. The van der Waals surface area contributed by atoms with E-state index >= 15 is 0 Å². The molecule has 24 heavy (non-hydrogen) atoms. The third-order valence-corrected chi connectivity index (χ3v) is 5.74. The zero-order chi connectivity index (χ0) is 16.9. The van der Waals surface area contributed by atoms with Crippen molar-refractivity contribution in [3.05, 3.63) is 29.8 Å². The molecule has 1 amide bonds. The fourth-order valence-corrected chi connectivity index (χ4v) is 4.19. The van der Waals surface area contributed by atoms with Gasteiger partial charge in [0, 0.05) is 30.2 Å². The van der Waals surface area contributed by atoms with Crippen LogP contribution >= 0.6 is 0 Å². The van der Waals surface area contributed by atoms with E-state index in [2.05, 4.69) is 29.4 Å². The highest BCUT2D eigenvalue weighted by Crippen LogP contribution is 2.28. The lowest BCUT2D eigenvalue weighted by atomic mass is 9.94. The first-order valence-electron chi connectivity index (χ1n) is 9.48. The van der Waals surface area contributed by atoms with E-state index in [0.29, 0.717) is 6.04 Å². The summed E-state index contributed by atoms with van der Waals surface area (Å²) in [6, 6.07) is 9.08. The second kappa shape index (κ2) is 8.13. The van der Waals surface area contributed by atoms with Crippen molar-refractivity contribution in [1.82, 2.24) is 4.90 Å². The van der Waals surface area contributed by atoms with Crippen LogP contribution in [0.5, 0.6) is 0 Å². The Balaban J connectivity index is 1.63. The van der Waals surface area contributed by atoms with Crippen molar-refractivity contribution in [3.8, 4) is 0 Å². The van der Waals surface area contributed by atoms with Crippen molar-refractivity contribution in [2.45, 2.75) is 70.0 Å². The quantitative estimate of drug-likeness (QED) is 0.869. The number of amides is 1. The van der Waals surface area contributed by atoms with Crippen molar-refractivity contribution in [2.24, 2.45) is 11.7 Å². The number of nitrogens with zero attached hydrogens (tertiary/aromatic N) is 1. The van der Waals surface area contributed by atoms with Crippen molar-refractivity contribution < 1.29 is 4.79 Å². The summed E-state index contributed by atoms with van der Waals surface area (Å²) in [6.07, 6.45) is 9.35. The van der Waals surface area contributed by atoms with Crippen LogP contribution < -0.4 is 11.1 Å². The van der Waals surface area contributed by atoms with E-state index in [1.54, 1.807) is 0 Å². The zero-order valence-corrected chi connectivity index (χ0v) is 14.8. The molecule has 1 aromatic carbocycles. The van der Waals surface area contributed by atoms with Gasteiger partial charge in [0.2, 0.25) is 5.91 Å². The number of hydrogen-bond donors (Lipinski definition) is 2. The fourth-order valence-electron chi connectivity index (χ4n) is 4.19. The molecule has 4 nitrogen and oxygen atoms in total. The molecular formula is C20H31N3O. The van der Waals surface area contributed by atoms with Gasteiger partial charge in [0.05, 0.1) is 0 Å². The van der Waals surface area contributed by atoms with Crippen LogP contribution in [0.4, 0.5) is 5.69 Å². The van der Waals surface area contributed by atoms with Gasteiger partial charge in [-0.15, -0.1) is 0 Å². The molecule has 0 saturated heterocycles. The van der Waals surface area contributed by atoms with Gasteiger partial charge in [-0.3, -0.25) is 9.69 Å². The van der Waals surface area contributed by atoms with Gasteiger partial charge in [-0.2, -0.15) is 0 Å². The molecule has 132 valence electrons.